The molecule has 1 heterocycles. The van der Waals surface area contributed by atoms with E-state index < -0.39 is 11.9 Å². The molecule has 0 unspecified atom stereocenters. The first kappa shape index (κ1) is 13.9. The van der Waals surface area contributed by atoms with Gasteiger partial charge in [-0.2, -0.15) is 13.2 Å². The summed E-state index contributed by atoms with van der Waals surface area (Å²) < 4.78 is 39.5. The Kier molecular flexibility index (Phi) is 3.85. The van der Waals surface area contributed by atoms with E-state index in [0.29, 0.717) is 23.8 Å². The molecule has 2 rings (SSSR count). The lowest BCUT2D eigenvalue weighted by molar-refractivity contribution is -0.140. The van der Waals surface area contributed by atoms with Crippen LogP contribution in [0.2, 0.25) is 0 Å². The highest BCUT2D eigenvalue weighted by Gasteiger charge is 2.34. The molecule has 0 atom stereocenters. The van der Waals surface area contributed by atoms with Crippen molar-refractivity contribution in [3.05, 3.63) is 41.7 Å². The maximum absolute atomic E-state index is 12.7. The summed E-state index contributed by atoms with van der Waals surface area (Å²) in [7, 11) is 0. The molecule has 102 valence electrons. The van der Waals surface area contributed by atoms with Crippen LogP contribution in [0.15, 0.2) is 30.5 Å². The largest absolute Gasteiger partial charge is 0.434 e. The number of aromatic nitrogens is 2. The molecule has 0 saturated heterocycles. The minimum atomic E-state index is -4.43. The van der Waals surface area contributed by atoms with Gasteiger partial charge in [0.1, 0.15) is 5.82 Å². The third-order valence-electron chi connectivity index (χ3n) is 2.77. The molecule has 0 aliphatic carbocycles. The third-order valence-corrected chi connectivity index (χ3v) is 3.08. The van der Waals surface area contributed by atoms with Crippen LogP contribution in [-0.2, 0) is 18.6 Å². The van der Waals surface area contributed by atoms with Crippen LogP contribution in [0.25, 0.3) is 11.4 Å². The van der Waals surface area contributed by atoms with Gasteiger partial charge in [-0.1, -0.05) is 24.3 Å². The van der Waals surface area contributed by atoms with Crippen molar-refractivity contribution < 1.29 is 13.2 Å². The van der Waals surface area contributed by atoms with Gasteiger partial charge in [0.2, 0.25) is 0 Å². The van der Waals surface area contributed by atoms with E-state index in [1.54, 1.807) is 31.2 Å². The summed E-state index contributed by atoms with van der Waals surface area (Å²) in [5, 5.41) is 0. The van der Waals surface area contributed by atoms with E-state index in [1.807, 2.05) is 0 Å². The van der Waals surface area contributed by atoms with Crippen LogP contribution in [0.3, 0.4) is 0 Å². The average molecular weight is 289 g/mol. The van der Waals surface area contributed by atoms with E-state index in [2.05, 4.69) is 4.98 Å². The van der Waals surface area contributed by atoms with E-state index in [4.69, 9.17) is 11.6 Å². The Morgan fingerprint density at radius 1 is 1.21 bits per heavy atom. The lowest BCUT2D eigenvalue weighted by Crippen LogP contribution is -2.05. The predicted octanol–water partition coefficient (Wildman–Crippen LogP) is 4.33. The molecule has 0 bridgehead atoms. The number of hydrogen-bond donors (Lipinski definition) is 0. The Bertz CT molecular complexity index is 558. The van der Waals surface area contributed by atoms with Crippen LogP contribution in [0.4, 0.5) is 13.2 Å². The van der Waals surface area contributed by atoms with Crippen molar-refractivity contribution in [2.24, 2.45) is 0 Å². The van der Waals surface area contributed by atoms with Gasteiger partial charge in [0.25, 0.3) is 0 Å². The zero-order valence-electron chi connectivity index (χ0n) is 10.2. The van der Waals surface area contributed by atoms with Gasteiger partial charge in [-0.05, 0) is 12.5 Å². The fourth-order valence-electron chi connectivity index (χ4n) is 1.77. The van der Waals surface area contributed by atoms with Crippen LogP contribution in [0, 0.1) is 0 Å². The van der Waals surface area contributed by atoms with Crippen LogP contribution in [-0.4, -0.2) is 9.55 Å². The van der Waals surface area contributed by atoms with Crippen molar-refractivity contribution in [1.82, 2.24) is 9.55 Å². The minimum Gasteiger partial charge on any atom is -0.331 e. The number of aryl methyl sites for hydroxylation is 1. The topological polar surface area (TPSA) is 17.8 Å². The number of hydrogen-bond acceptors (Lipinski definition) is 1. The molecule has 0 saturated carbocycles. The SMILES string of the molecule is CCn1cc(C(F)(F)F)nc1-c1ccc(CCl)cc1. The second-order valence-corrected chi connectivity index (χ2v) is 4.33. The van der Waals surface area contributed by atoms with E-state index in [0.717, 1.165) is 11.8 Å². The van der Waals surface area contributed by atoms with Gasteiger partial charge in [0, 0.05) is 24.2 Å². The Morgan fingerprint density at radius 2 is 1.84 bits per heavy atom. The Balaban J connectivity index is 2.45. The average Bonchev–Trinajstić information content (AvgIpc) is 2.83. The summed E-state index contributed by atoms with van der Waals surface area (Å²) in [5.41, 5.74) is 0.688. The number of benzene rings is 1. The summed E-state index contributed by atoms with van der Waals surface area (Å²) >= 11 is 5.68. The zero-order valence-corrected chi connectivity index (χ0v) is 11.0. The van der Waals surface area contributed by atoms with Crippen LogP contribution in [0.1, 0.15) is 18.2 Å². The van der Waals surface area contributed by atoms with Crippen molar-refractivity contribution in [2.45, 2.75) is 25.5 Å². The fraction of sp³-hybridized carbons (Fsp3) is 0.308. The van der Waals surface area contributed by atoms with Crippen molar-refractivity contribution in [2.75, 3.05) is 0 Å². The molecule has 2 aromatic rings. The predicted molar refractivity (Wildman–Crippen MR) is 67.9 cm³/mol. The molecule has 19 heavy (non-hydrogen) atoms. The van der Waals surface area contributed by atoms with Gasteiger partial charge in [-0.3, -0.25) is 0 Å². The second kappa shape index (κ2) is 5.25. The number of imidazole rings is 1. The number of nitrogens with zero attached hydrogens (tertiary/aromatic N) is 2. The molecule has 0 spiro atoms. The summed E-state index contributed by atoms with van der Waals surface area (Å²) in [6.45, 7) is 2.20. The van der Waals surface area contributed by atoms with E-state index >= 15 is 0 Å². The zero-order chi connectivity index (χ0) is 14.0. The van der Waals surface area contributed by atoms with Crippen molar-refractivity contribution in [1.29, 1.82) is 0 Å². The van der Waals surface area contributed by atoms with E-state index in [-0.39, 0.29) is 0 Å². The van der Waals surface area contributed by atoms with E-state index in [1.165, 1.54) is 4.57 Å². The van der Waals surface area contributed by atoms with E-state index in [9.17, 15) is 13.2 Å². The molecule has 2 nitrogen and oxygen atoms in total. The minimum absolute atomic E-state index is 0.316. The summed E-state index contributed by atoms with van der Waals surface area (Å²) in [6.07, 6.45) is -3.39. The maximum Gasteiger partial charge on any atom is 0.434 e. The van der Waals surface area contributed by atoms with Crippen molar-refractivity contribution in [3.63, 3.8) is 0 Å². The Labute approximate surface area is 113 Å². The number of rotatable bonds is 3. The lowest BCUT2D eigenvalue weighted by atomic mass is 10.1. The fourth-order valence-corrected chi connectivity index (χ4v) is 1.95. The summed E-state index contributed by atoms with van der Waals surface area (Å²) in [6, 6.07) is 7.02. The van der Waals surface area contributed by atoms with Gasteiger partial charge in [0.05, 0.1) is 0 Å². The first-order valence-electron chi connectivity index (χ1n) is 5.75. The van der Waals surface area contributed by atoms with Crippen molar-refractivity contribution in [3.8, 4) is 11.4 Å². The molecule has 0 N–H and O–H groups in total. The first-order valence-corrected chi connectivity index (χ1v) is 6.28. The first-order chi connectivity index (χ1) is 8.95. The molecule has 0 amide bonds. The molecule has 1 aromatic heterocycles. The highest BCUT2D eigenvalue weighted by molar-refractivity contribution is 6.17. The van der Waals surface area contributed by atoms with Gasteiger partial charge in [-0.25, -0.2) is 4.98 Å². The highest BCUT2D eigenvalue weighted by Crippen LogP contribution is 2.31. The Hall–Kier alpha value is -1.49. The highest BCUT2D eigenvalue weighted by atomic mass is 35.5. The smallest absolute Gasteiger partial charge is 0.331 e. The monoisotopic (exact) mass is 288 g/mol. The second-order valence-electron chi connectivity index (χ2n) is 4.06. The van der Waals surface area contributed by atoms with Crippen LogP contribution < -0.4 is 0 Å². The standard InChI is InChI=1S/C13H12ClF3N2/c1-2-19-8-11(13(15,16)17)18-12(19)10-5-3-9(7-14)4-6-10/h3-6,8H,2,7H2,1H3. The third kappa shape index (κ3) is 2.92. The molecule has 6 heteroatoms. The van der Waals surface area contributed by atoms with Gasteiger partial charge < -0.3 is 4.57 Å². The number of halogens is 4. The molecular formula is C13H12ClF3N2. The lowest BCUT2D eigenvalue weighted by Gasteiger charge is -2.04. The van der Waals surface area contributed by atoms with Gasteiger partial charge >= 0.3 is 6.18 Å². The number of alkyl halides is 4. The molecule has 0 radical (unpaired) electrons. The quantitative estimate of drug-likeness (QED) is 0.769. The van der Waals surface area contributed by atoms with Gasteiger partial charge in [-0.15, -0.1) is 11.6 Å². The molecular weight excluding hydrogens is 277 g/mol. The van der Waals surface area contributed by atoms with Gasteiger partial charge in [0.15, 0.2) is 5.69 Å². The maximum atomic E-state index is 12.7. The molecule has 0 fully saturated rings. The molecule has 0 aliphatic rings. The van der Waals surface area contributed by atoms with Crippen LogP contribution >= 0.6 is 11.6 Å². The molecule has 0 aliphatic heterocycles. The Morgan fingerprint density at radius 3 is 2.32 bits per heavy atom. The molecule has 1 aromatic carbocycles. The van der Waals surface area contributed by atoms with Crippen LogP contribution in [0.5, 0.6) is 0 Å². The normalized spacial score (nSPS) is 11.8. The van der Waals surface area contributed by atoms with Crippen molar-refractivity contribution >= 4 is 11.6 Å². The summed E-state index contributed by atoms with van der Waals surface area (Å²) in [4.78, 5) is 3.68. The summed E-state index contributed by atoms with van der Waals surface area (Å²) in [5.74, 6) is 0.687.